The number of hydrogen-bond acceptors (Lipinski definition) is 4. The molecule has 0 aliphatic rings. The molecular formula is C28H54O4. The number of carbonyl (C=O) groups is 2. The summed E-state index contributed by atoms with van der Waals surface area (Å²) < 4.78 is 10.6. The lowest BCUT2D eigenvalue weighted by atomic mass is 9.97. The van der Waals surface area contributed by atoms with Crippen LogP contribution in [0.4, 0.5) is 0 Å². The van der Waals surface area contributed by atoms with E-state index in [1.807, 2.05) is 0 Å². The highest BCUT2D eigenvalue weighted by atomic mass is 16.5. The largest absolute Gasteiger partial charge is 0.466 e. The summed E-state index contributed by atoms with van der Waals surface area (Å²) in [6.07, 6.45) is 22.3. The van der Waals surface area contributed by atoms with Crippen LogP contribution in [-0.2, 0) is 19.1 Å². The molecule has 32 heavy (non-hydrogen) atoms. The second-order valence-corrected chi connectivity index (χ2v) is 9.57. The quantitative estimate of drug-likeness (QED) is 0.108. The normalized spacial score (nSPS) is 12.0. The molecule has 0 N–H and O–H groups in total. The molecule has 190 valence electrons. The zero-order chi connectivity index (χ0) is 23.7. The molecule has 0 rings (SSSR count). The topological polar surface area (TPSA) is 52.6 Å². The summed E-state index contributed by atoms with van der Waals surface area (Å²) >= 11 is 0. The van der Waals surface area contributed by atoms with Crippen molar-refractivity contribution in [2.24, 2.45) is 5.92 Å². The monoisotopic (exact) mass is 454 g/mol. The SMILES string of the molecule is CCCCCCOC(=O)CCCCCCCCCCC(C)CCC(=O)OCCCCCC. The summed E-state index contributed by atoms with van der Waals surface area (Å²) in [6, 6.07) is 0. The predicted octanol–water partition coefficient (Wildman–Crippen LogP) is 8.55. The first-order valence-electron chi connectivity index (χ1n) is 13.9. The molecule has 0 fully saturated rings. The van der Waals surface area contributed by atoms with Crippen molar-refractivity contribution in [3.05, 3.63) is 0 Å². The fourth-order valence-electron chi connectivity index (χ4n) is 3.91. The van der Waals surface area contributed by atoms with Crippen LogP contribution in [0.15, 0.2) is 0 Å². The molecule has 1 atom stereocenters. The fourth-order valence-corrected chi connectivity index (χ4v) is 3.91. The second kappa shape index (κ2) is 24.6. The number of carbonyl (C=O) groups excluding carboxylic acids is 2. The minimum absolute atomic E-state index is 0.0177. The second-order valence-electron chi connectivity index (χ2n) is 9.57. The Morgan fingerprint density at radius 1 is 0.531 bits per heavy atom. The molecule has 0 saturated carbocycles. The Hall–Kier alpha value is -1.06. The molecule has 0 spiro atoms. The van der Waals surface area contributed by atoms with Gasteiger partial charge in [0.15, 0.2) is 0 Å². The molecule has 0 heterocycles. The van der Waals surface area contributed by atoms with Crippen molar-refractivity contribution in [1.82, 2.24) is 0 Å². The van der Waals surface area contributed by atoms with Crippen LogP contribution in [-0.4, -0.2) is 25.2 Å². The summed E-state index contributed by atoms with van der Waals surface area (Å²) in [7, 11) is 0. The predicted molar refractivity (Wildman–Crippen MR) is 135 cm³/mol. The Balaban J connectivity index is 3.33. The smallest absolute Gasteiger partial charge is 0.305 e. The van der Waals surface area contributed by atoms with E-state index >= 15 is 0 Å². The Morgan fingerprint density at radius 2 is 0.969 bits per heavy atom. The lowest BCUT2D eigenvalue weighted by Gasteiger charge is -2.11. The van der Waals surface area contributed by atoms with E-state index in [4.69, 9.17) is 9.47 Å². The Morgan fingerprint density at radius 3 is 1.50 bits per heavy atom. The van der Waals surface area contributed by atoms with Gasteiger partial charge in [-0.3, -0.25) is 9.59 Å². The molecule has 1 unspecified atom stereocenters. The van der Waals surface area contributed by atoms with Gasteiger partial charge in [-0.15, -0.1) is 0 Å². The van der Waals surface area contributed by atoms with Crippen LogP contribution in [0.3, 0.4) is 0 Å². The molecular weight excluding hydrogens is 400 g/mol. The van der Waals surface area contributed by atoms with Crippen molar-refractivity contribution >= 4 is 11.9 Å². The molecule has 0 aliphatic heterocycles. The minimum atomic E-state index is -0.0198. The first kappa shape index (κ1) is 30.9. The van der Waals surface area contributed by atoms with Gasteiger partial charge in [0, 0.05) is 12.8 Å². The van der Waals surface area contributed by atoms with Crippen molar-refractivity contribution in [3.8, 4) is 0 Å². The van der Waals surface area contributed by atoms with Gasteiger partial charge < -0.3 is 9.47 Å². The highest BCUT2D eigenvalue weighted by molar-refractivity contribution is 5.69. The summed E-state index contributed by atoms with van der Waals surface area (Å²) in [5.74, 6) is 0.568. The van der Waals surface area contributed by atoms with Gasteiger partial charge in [-0.25, -0.2) is 0 Å². The van der Waals surface area contributed by atoms with Gasteiger partial charge in [0.25, 0.3) is 0 Å². The van der Waals surface area contributed by atoms with E-state index in [1.54, 1.807) is 0 Å². The molecule has 0 amide bonds. The van der Waals surface area contributed by atoms with Crippen molar-refractivity contribution in [2.45, 2.75) is 149 Å². The van der Waals surface area contributed by atoms with Crippen LogP contribution in [0, 0.1) is 5.92 Å². The first-order valence-corrected chi connectivity index (χ1v) is 13.9. The van der Waals surface area contributed by atoms with Gasteiger partial charge in [-0.2, -0.15) is 0 Å². The average Bonchev–Trinajstić information content (AvgIpc) is 2.78. The number of esters is 2. The van der Waals surface area contributed by atoms with Crippen LogP contribution in [0.2, 0.25) is 0 Å². The van der Waals surface area contributed by atoms with Crippen LogP contribution in [0.25, 0.3) is 0 Å². The summed E-state index contributed by atoms with van der Waals surface area (Å²) in [4.78, 5) is 23.4. The van der Waals surface area contributed by atoms with Gasteiger partial charge in [0.2, 0.25) is 0 Å². The minimum Gasteiger partial charge on any atom is -0.466 e. The van der Waals surface area contributed by atoms with Crippen LogP contribution in [0.1, 0.15) is 149 Å². The van der Waals surface area contributed by atoms with E-state index in [2.05, 4.69) is 20.8 Å². The zero-order valence-electron chi connectivity index (χ0n) is 21.8. The standard InChI is InChI=1S/C28H54O4/c1-4-6-8-18-24-31-27(29)21-17-15-13-11-10-12-14-16-20-26(3)22-23-28(30)32-25-19-9-7-5-2/h26H,4-25H2,1-3H3. The molecule has 0 bridgehead atoms. The molecule has 0 saturated heterocycles. The van der Waals surface area contributed by atoms with Crippen molar-refractivity contribution in [1.29, 1.82) is 0 Å². The maximum atomic E-state index is 11.8. The number of hydrogen-bond donors (Lipinski definition) is 0. The highest BCUT2D eigenvalue weighted by Crippen LogP contribution is 2.17. The van der Waals surface area contributed by atoms with Crippen LogP contribution >= 0.6 is 0 Å². The van der Waals surface area contributed by atoms with Gasteiger partial charge in [-0.1, -0.05) is 111 Å². The lowest BCUT2D eigenvalue weighted by molar-refractivity contribution is -0.144. The summed E-state index contributed by atoms with van der Waals surface area (Å²) in [5.41, 5.74) is 0. The lowest BCUT2D eigenvalue weighted by Crippen LogP contribution is -2.08. The van der Waals surface area contributed by atoms with Crippen LogP contribution in [0.5, 0.6) is 0 Å². The maximum absolute atomic E-state index is 11.8. The summed E-state index contributed by atoms with van der Waals surface area (Å²) in [6.45, 7) is 7.82. The Kier molecular flexibility index (Phi) is 23.8. The third-order valence-electron chi connectivity index (χ3n) is 6.19. The van der Waals surface area contributed by atoms with Gasteiger partial charge >= 0.3 is 11.9 Å². The van der Waals surface area contributed by atoms with Crippen LogP contribution < -0.4 is 0 Å². The molecule has 0 aromatic heterocycles. The van der Waals surface area contributed by atoms with E-state index in [0.717, 1.165) is 44.9 Å². The molecule has 0 radical (unpaired) electrons. The van der Waals surface area contributed by atoms with Gasteiger partial charge in [0.05, 0.1) is 13.2 Å². The van der Waals surface area contributed by atoms with Crippen molar-refractivity contribution in [3.63, 3.8) is 0 Å². The first-order chi connectivity index (χ1) is 15.6. The van der Waals surface area contributed by atoms with E-state index in [-0.39, 0.29) is 11.9 Å². The fraction of sp³-hybridized carbons (Fsp3) is 0.929. The Bertz CT molecular complexity index is 422. The van der Waals surface area contributed by atoms with Gasteiger partial charge in [-0.05, 0) is 31.6 Å². The molecule has 4 nitrogen and oxygen atoms in total. The number of ether oxygens (including phenoxy) is 2. The van der Waals surface area contributed by atoms with Crippen molar-refractivity contribution < 1.29 is 19.1 Å². The number of unbranched alkanes of at least 4 members (excludes halogenated alkanes) is 13. The average molecular weight is 455 g/mol. The molecule has 0 aromatic carbocycles. The van der Waals surface area contributed by atoms with Crippen molar-refractivity contribution in [2.75, 3.05) is 13.2 Å². The number of rotatable bonds is 24. The summed E-state index contributed by atoms with van der Waals surface area (Å²) in [5, 5.41) is 0. The van der Waals surface area contributed by atoms with Gasteiger partial charge in [0.1, 0.15) is 0 Å². The molecule has 4 heteroatoms. The van der Waals surface area contributed by atoms with E-state index in [9.17, 15) is 9.59 Å². The molecule has 0 aliphatic carbocycles. The van der Waals surface area contributed by atoms with E-state index in [0.29, 0.717) is 32.0 Å². The molecule has 0 aromatic rings. The Labute approximate surface area is 199 Å². The third kappa shape index (κ3) is 23.6. The van der Waals surface area contributed by atoms with E-state index < -0.39 is 0 Å². The zero-order valence-corrected chi connectivity index (χ0v) is 21.8. The third-order valence-corrected chi connectivity index (χ3v) is 6.19. The highest BCUT2D eigenvalue weighted by Gasteiger charge is 2.08. The maximum Gasteiger partial charge on any atom is 0.305 e. The van der Waals surface area contributed by atoms with E-state index in [1.165, 1.54) is 70.6 Å².